The molecule has 0 heterocycles. The van der Waals surface area contributed by atoms with Gasteiger partial charge in [0.15, 0.2) is 0 Å². The monoisotopic (exact) mass is 539 g/mol. The van der Waals surface area contributed by atoms with E-state index < -0.39 is 12.0 Å². The lowest BCUT2D eigenvalue weighted by Crippen LogP contribution is -2.36. The fourth-order valence-electron chi connectivity index (χ4n) is 5.50. The van der Waals surface area contributed by atoms with Crippen LogP contribution < -0.4 is 15.3 Å². The Morgan fingerprint density at radius 2 is 1.57 bits per heavy atom. The standard InChI is InChI=1S/C34H41N3O3/c1-33(2)18-19-34(3,4)31-28(33)20-26(30(38)17-12-23-8-13-25(14-9-23)32(39)35-40)21-29(31)37(7)22-24-10-15-27(16-11-24)36(5)6/h8-11,13-16,20-21,30,38,40H,18-19,22H2,1-7H3,(H,35,39). The van der Waals surface area contributed by atoms with E-state index in [-0.39, 0.29) is 10.8 Å². The molecule has 40 heavy (non-hydrogen) atoms. The van der Waals surface area contributed by atoms with E-state index in [0.29, 0.717) is 11.1 Å². The van der Waals surface area contributed by atoms with Crippen molar-refractivity contribution in [1.29, 1.82) is 0 Å². The molecule has 1 aliphatic carbocycles. The van der Waals surface area contributed by atoms with Crippen molar-refractivity contribution in [1.82, 2.24) is 5.48 Å². The summed E-state index contributed by atoms with van der Waals surface area (Å²) in [6, 6.07) is 19.5. The molecule has 3 aromatic rings. The number of fused-ring (bicyclic) bond motifs is 1. The minimum Gasteiger partial charge on any atom is -0.378 e. The molecular formula is C34H41N3O3. The van der Waals surface area contributed by atoms with E-state index in [4.69, 9.17) is 5.21 Å². The van der Waals surface area contributed by atoms with Crippen LogP contribution in [0.4, 0.5) is 11.4 Å². The van der Waals surface area contributed by atoms with Gasteiger partial charge in [0, 0.05) is 50.2 Å². The number of nitrogens with zero attached hydrogens (tertiary/aromatic N) is 2. The summed E-state index contributed by atoms with van der Waals surface area (Å²) >= 11 is 0. The Bertz CT molecular complexity index is 1430. The third-order valence-electron chi connectivity index (χ3n) is 8.12. The van der Waals surface area contributed by atoms with E-state index in [1.807, 2.05) is 14.1 Å². The van der Waals surface area contributed by atoms with Crippen LogP contribution >= 0.6 is 0 Å². The maximum atomic E-state index is 11.6. The lowest BCUT2D eigenvalue weighted by molar-refractivity contribution is 0.0706. The van der Waals surface area contributed by atoms with E-state index in [1.54, 1.807) is 29.7 Å². The van der Waals surface area contributed by atoms with Gasteiger partial charge in [-0.15, -0.1) is 0 Å². The average Bonchev–Trinajstić information content (AvgIpc) is 2.93. The zero-order valence-electron chi connectivity index (χ0n) is 24.7. The van der Waals surface area contributed by atoms with Crippen LogP contribution in [0.3, 0.4) is 0 Å². The minimum absolute atomic E-state index is 0.000987. The van der Waals surface area contributed by atoms with Crippen molar-refractivity contribution < 1.29 is 15.1 Å². The Morgan fingerprint density at radius 1 is 0.950 bits per heavy atom. The van der Waals surface area contributed by atoms with Crippen LogP contribution in [-0.2, 0) is 17.4 Å². The second-order valence-electron chi connectivity index (χ2n) is 12.3. The zero-order chi connectivity index (χ0) is 29.2. The first kappa shape index (κ1) is 29.2. The van der Waals surface area contributed by atoms with Crippen LogP contribution in [0.2, 0.25) is 0 Å². The van der Waals surface area contributed by atoms with E-state index in [9.17, 15) is 9.90 Å². The lowest BCUT2D eigenvalue weighted by atomic mass is 9.62. The molecule has 1 amide bonds. The molecule has 0 saturated carbocycles. The van der Waals surface area contributed by atoms with E-state index in [0.717, 1.165) is 30.6 Å². The van der Waals surface area contributed by atoms with Crippen LogP contribution in [0.1, 0.15) is 84.8 Å². The molecule has 0 radical (unpaired) electrons. The van der Waals surface area contributed by atoms with Crippen LogP contribution in [0.15, 0.2) is 60.7 Å². The number of hydrogen-bond acceptors (Lipinski definition) is 5. The zero-order valence-corrected chi connectivity index (χ0v) is 24.7. The third-order valence-corrected chi connectivity index (χ3v) is 8.12. The van der Waals surface area contributed by atoms with Gasteiger partial charge in [-0.05, 0) is 88.4 Å². The minimum atomic E-state index is -0.974. The Morgan fingerprint density at radius 3 is 2.17 bits per heavy atom. The molecule has 0 fully saturated rings. The number of carbonyl (C=O) groups is 1. The molecule has 1 unspecified atom stereocenters. The summed E-state index contributed by atoms with van der Waals surface area (Å²) < 4.78 is 0. The number of aliphatic hydroxyl groups excluding tert-OH is 1. The molecule has 0 aliphatic heterocycles. The number of hydrogen-bond donors (Lipinski definition) is 3. The van der Waals surface area contributed by atoms with Crippen LogP contribution in [0.5, 0.6) is 0 Å². The van der Waals surface area contributed by atoms with Gasteiger partial charge in [0.25, 0.3) is 5.91 Å². The lowest BCUT2D eigenvalue weighted by Gasteiger charge is -2.44. The van der Waals surface area contributed by atoms with Crippen molar-refractivity contribution in [2.24, 2.45) is 0 Å². The molecular weight excluding hydrogens is 498 g/mol. The summed E-state index contributed by atoms with van der Waals surface area (Å²) in [6.07, 6.45) is 1.19. The molecule has 4 rings (SSSR count). The third kappa shape index (κ3) is 6.17. The second kappa shape index (κ2) is 11.4. The SMILES string of the molecule is CN(C)c1ccc(CN(C)c2cc(C(O)C#Cc3ccc(C(=O)NO)cc3)cc3c2C(C)(C)CCC3(C)C)cc1. The van der Waals surface area contributed by atoms with Crippen molar-refractivity contribution in [2.75, 3.05) is 30.9 Å². The van der Waals surface area contributed by atoms with Crippen molar-refractivity contribution in [2.45, 2.75) is 64.0 Å². The van der Waals surface area contributed by atoms with Gasteiger partial charge in [-0.3, -0.25) is 10.0 Å². The molecule has 3 aromatic carbocycles. The molecule has 0 spiro atoms. The maximum absolute atomic E-state index is 11.6. The van der Waals surface area contributed by atoms with Crippen LogP contribution in [0, 0.1) is 11.8 Å². The summed E-state index contributed by atoms with van der Waals surface area (Å²) in [5, 5.41) is 20.1. The van der Waals surface area contributed by atoms with Gasteiger partial charge in [-0.1, -0.05) is 57.7 Å². The maximum Gasteiger partial charge on any atom is 0.274 e. The second-order valence-corrected chi connectivity index (χ2v) is 12.3. The van der Waals surface area contributed by atoms with Gasteiger partial charge < -0.3 is 14.9 Å². The first-order valence-corrected chi connectivity index (χ1v) is 13.7. The van der Waals surface area contributed by atoms with E-state index in [1.165, 1.54) is 22.4 Å². The summed E-state index contributed by atoms with van der Waals surface area (Å²) in [6.45, 7) is 9.96. The number of rotatable bonds is 6. The van der Waals surface area contributed by atoms with Gasteiger partial charge in [-0.25, -0.2) is 5.48 Å². The van der Waals surface area contributed by atoms with Crippen molar-refractivity contribution in [3.05, 3.63) is 94.0 Å². The van der Waals surface area contributed by atoms with Gasteiger partial charge >= 0.3 is 0 Å². The predicted octanol–water partition coefficient (Wildman–Crippen LogP) is 5.94. The Kier molecular flexibility index (Phi) is 8.30. The summed E-state index contributed by atoms with van der Waals surface area (Å²) in [5.41, 5.74) is 9.51. The number of amides is 1. The highest BCUT2D eigenvalue weighted by atomic mass is 16.5. The molecule has 1 aliphatic rings. The number of aliphatic hydroxyl groups is 1. The van der Waals surface area contributed by atoms with Gasteiger partial charge in [0.05, 0.1) is 0 Å². The summed E-state index contributed by atoms with van der Waals surface area (Å²) in [5.74, 6) is 5.45. The Hall–Kier alpha value is -3.79. The molecule has 210 valence electrons. The highest BCUT2D eigenvalue weighted by Gasteiger charge is 2.40. The average molecular weight is 540 g/mol. The summed E-state index contributed by atoms with van der Waals surface area (Å²) in [7, 11) is 6.21. The molecule has 0 saturated heterocycles. The first-order chi connectivity index (χ1) is 18.8. The highest BCUT2D eigenvalue weighted by Crippen LogP contribution is 2.50. The summed E-state index contributed by atoms with van der Waals surface area (Å²) in [4.78, 5) is 16.0. The quantitative estimate of drug-likeness (QED) is 0.205. The highest BCUT2D eigenvalue weighted by molar-refractivity contribution is 5.93. The fourth-order valence-corrected chi connectivity index (χ4v) is 5.50. The van der Waals surface area contributed by atoms with Crippen molar-refractivity contribution in [3.8, 4) is 11.8 Å². The normalized spacial score (nSPS) is 15.7. The van der Waals surface area contributed by atoms with Crippen LogP contribution in [-0.4, -0.2) is 37.4 Å². The van der Waals surface area contributed by atoms with E-state index >= 15 is 0 Å². The van der Waals surface area contributed by atoms with E-state index in [2.05, 4.69) is 92.8 Å². The molecule has 1 atom stereocenters. The molecule has 0 bridgehead atoms. The molecule has 0 aromatic heterocycles. The molecule has 6 nitrogen and oxygen atoms in total. The first-order valence-electron chi connectivity index (χ1n) is 13.7. The number of hydroxylamine groups is 1. The molecule has 6 heteroatoms. The predicted molar refractivity (Wildman–Crippen MR) is 162 cm³/mol. The van der Waals surface area contributed by atoms with Gasteiger partial charge in [0.1, 0.15) is 6.10 Å². The Labute approximate surface area is 238 Å². The number of benzene rings is 3. The molecule has 3 N–H and O–H groups in total. The fraction of sp³-hybridized carbons (Fsp3) is 0.382. The smallest absolute Gasteiger partial charge is 0.274 e. The van der Waals surface area contributed by atoms with Crippen LogP contribution in [0.25, 0.3) is 0 Å². The van der Waals surface area contributed by atoms with Crippen molar-refractivity contribution in [3.63, 3.8) is 0 Å². The number of nitrogens with one attached hydrogen (secondary N) is 1. The number of anilines is 2. The largest absolute Gasteiger partial charge is 0.378 e. The van der Waals surface area contributed by atoms with Gasteiger partial charge in [-0.2, -0.15) is 0 Å². The Balaban J connectivity index is 1.72. The number of carbonyl (C=O) groups excluding carboxylic acids is 1. The topological polar surface area (TPSA) is 76.0 Å². The van der Waals surface area contributed by atoms with Gasteiger partial charge in [0.2, 0.25) is 0 Å². The van der Waals surface area contributed by atoms with Crippen molar-refractivity contribution >= 4 is 17.3 Å².